The maximum atomic E-state index is 13.6. The van der Waals surface area contributed by atoms with Gasteiger partial charge in [-0.05, 0) is 17.7 Å². The molecule has 0 aliphatic carbocycles. The van der Waals surface area contributed by atoms with E-state index in [4.69, 9.17) is 5.73 Å². The standard InChI is InChI=1S/C15H8F5N3O.ClH/c16-10-9(11(17)13(19)14(20)12(10)18)8(24)4-5-1-2-6-7(3-5)23-15(21)22-6;/h1-3H,4H2,(H3,21,22,23);1H. The van der Waals surface area contributed by atoms with Gasteiger partial charge in [-0.15, -0.1) is 12.4 Å². The minimum atomic E-state index is -2.31. The first kappa shape index (κ1) is 18.7. The van der Waals surface area contributed by atoms with Crippen molar-refractivity contribution in [3.8, 4) is 0 Å². The number of halogens is 6. The van der Waals surface area contributed by atoms with Gasteiger partial charge in [0.15, 0.2) is 35.0 Å². The van der Waals surface area contributed by atoms with Gasteiger partial charge in [0, 0.05) is 6.42 Å². The second-order valence-corrected chi connectivity index (χ2v) is 5.02. The molecule has 3 aromatic rings. The fourth-order valence-electron chi connectivity index (χ4n) is 2.31. The van der Waals surface area contributed by atoms with Crippen LogP contribution in [0.25, 0.3) is 11.0 Å². The second kappa shape index (κ2) is 6.67. The highest BCUT2D eigenvalue weighted by molar-refractivity contribution is 5.98. The summed E-state index contributed by atoms with van der Waals surface area (Å²) in [6.45, 7) is 0. The lowest BCUT2D eigenvalue weighted by Crippen LogP contribution is -2.14. The van der Waals surface area contributed by atoms with Crippen LogP contribution in [-0.2, 0) is 6.42 Å². The van der Waals surface area contributed by atoms with Crippen LogP contribution in [0, 0.1) is 29.1 Å². The summed E-state index contributed by atoms with van der Waals surface area (Å²) in [6.07, 6.45) is -0.562. The van der Waals surface area contributed by atoms with Crippen molar-refractivity contribution in [3.05, 3.63) is 58.4 Å². The molecule has 0 radical (unpaired) electrons. The molecule has 0 bridgehead atoms. The SMILES string of the molecule is Cl.Nc1nc2ccc(CC(=O)c3c(F)c(F)c(F)c(F)c3F)cc2[nH]1. The fourth-order valence-corrected chi connectivity index (χ4v) is 2.31. The van der Waals surface area contributed by atoms with Crippen LogP contribution in [0.5, 0.6) is 0 Å². The number of nitrogens with zero attached hydrogens (tertiary/aromatic N) is 1. The lowest BCUT2D eigenvalue weighted by atomic mass is 10.0. The molecule has 3 rings (SSSR count). The molecule has 0 unspecified atom stereocenters. The van der Waals surface area contributed by atoms with Gasteiger partial charge in [0.1, 0.15) is 0 Å². The van der Waals surface area contributed by atoms with Crippen molar-refractivity contribution in [1.82, 2.24) is 9.97 Å². The van der Waals surface area contributed by atoms with Crippen LogP contribution in [0.4, 0.5) is 27.9 Å². The highest BCUT2D eigenvalue weighted by Gasteiger charge is 2.29. The molecule has 0 spiro atoms. The van der Waals surface area contributed by atoms with Gasteiger partial charge < -0.3 is 10.7 Å². The highest BCUT2D eigenvalue weighted by Crippen LogP contribution is 2.25. The number of Topliss-reactive ketones (excluding diaryl/α,β-unsaturated/α-hetero) is 1. The van der Waals surface area contributed by atoms with Crippen molar-refractivity contribution in [1.29, 1.82) is 0 Å². The molecule has 0 saturated heterocycles. The predicted molar refractivity (Wildman–Crippen MR) is 82.0 cm³/mol. The van der Waals surface area contributed by atoms with E-state index >= 15 is 0 Å². The lowest BCUT2D eigenvalue weighted by Gasteiger charge is -2.07. The van der Waals surface area contributed by atoms with E-state index in [-0.39, 0.29) is 18.4 Å². The van der Waals surface area contributed by atoms with E-state index in [2.05, 4.69) is 9.97 Å². The molecule has 25 heavy (non-hydrogen) atoms. The van der Waals surface area contributed by atoms with E-state index in [1.165, 1.54) is 18.2 Å². The Morgan fingerprint density at radius 2 is 1.56 bits per heavy atom. The Kier molecular flexibility index (Phi) is 4.98. The zero-order valence-electron chi connectivity index (χ0n) is 12.2. The van der Waals surface area contributed by atoms with Crippen molar-refractivity contribution >= 4 is 35.2 Å². The number of ketones is 1. The minimum absolute atomic E-state index is 0. The van der Waals surface area contributed by atoms with E-state index in [0.29, 0.717) is 16.6 Å². The summed E-state index contributed by atoms with van der Waals surface area (Å²) >= 11 is 0. The van der Waals surface area contributed by atoms with Crippen LogP contribution in [0.2, 0.25) is 0 Å². The number of carbonyl (C=O) groups excluding carboxylic acids is 1. The number of aromatic nitrogens is 2. The molecular weight excluding hydrogens is 369 g/mol. The minimum Gasteiger partial charge on any atom is -0.369 e. The second-order valence-electron chi connectivity index (χ2n) is 5.02. The molecule has 1 aromatic heterocycles. The van der Waals surface area contributed by atoms with Gasteiger partial charge in [-0.25, -0.2) is 26.9 Å². The first-order valence-corrected chi connectivity index (χ1v) is 6.58. The monoisotopic (exact) mass is 377 g/mol. The molecule has 132 valence electrons. The molecule has 0 saturated carbocycles. The number of benzene rings is 2. The number of H-pyrrole nitrogens is 1. The maximum Gasteiger partial charge on any atom is 0.200 e. The van der Waals surface area contributed by atoms with Crippen molar-refractivity contribution < 1.29 is 26.7 Å². The molecule has 0 aliphatic rings. The largest absolute Gasteiger partial charge is 0.369 e. The molecule has 10 heteroatoms. The molecule has 0 atom stereocenters. The van der Waals surface area contributed by atoms with E-state index in [1.807, 2.05) is 0 Å². The Labute approximate surface area is 143 Å². The number of imidazole rings is 1. The van der Waals surface area contributed by atoms with Gasteiger partial charge in [-0.3, -0.25) is 4.79 Å². The molecule has 2 aromatic carbocycles. The van der Waals surface area contributed by atoms with Crippen LogP contribution >= 0.6 is 12.4 Å². The number of nitrogens with two attached hydrogens (primary N) is 1. The number of anilines is 1. The summed E-state index contributed by atoms with van der Waals surface area (Å²) < 4.78 is 66.6. The Hall–Kier alpha value is -2.68. The number of aromatic amines is 1. The highest BCUT2D eigenvalue weighted by atomic mass is 35.5. The number of fused-ring (bicyclic) bond motifs is 1. The lowest BCUT2D eigenvalue weighted by molar-refractivity contribution is 0.0981. The third kappa shape index (κ3) is 3.14. The molecule has 1 heterocycles. The van der Waals surface area contributed by atoms with Gasteiger partial charge >= 0.3 is 0 Å². The normalized spacial score (nSPS) is 10.8. The smallest absolute Gasteiger partial charge is 0.200 e. The van der Waals surface area contributed by atoms with E-state index in [1.54, 1.807) is 0 Å². The number of nitrogens with one attached hydrogen (secondary N) is 1. The van der Waals surface area contributed by atoms with Gasteiger partial charge in [0.05, 0.1) is 16.6 Å². The van der Waals surface area contributed by atoms with Crippen LogP contribution in [0.15, 0.2) is 18.2 Å². The zero-order valence-corrected chi connectivity index (χ0v) is 13.0. The average Bonchev–Trinajstić information content (AvgIpc) is 2.90. The summed E-state index contributed by atoms with van der Waals surface area (Å²) in [5.74, 6) is -12.0. The van der Waals surface area contributed by atoms with Crippen molar-refractivity contribution in [2.24, 2.45) is 0 Å². The summed E-state index contributed by atoms with van der Waals surface area (Å²) in [7, 11) is 0. The Balaban J connectivity index is 0.00000225. The summed E-state index contributed by atoms with van der Waals surface area (Å²) in [6, 6.07) is 4.39. The number of rotatable bonds is 3. The van der Waals surface area contributed by atoms with Crippen molar-refractivity contribution in [3.63, 3.8) is 0 Å². The van der Waals surface area contributed by atoms with Crippen molar-refractivity contribution in [2.75, 3.05) is 5.73 Å². The first-order chi connectivity index (χ1) is 11.3. The van der Waals surface area contributed by atoms with Crippen LogP contribution in [0.3, 0.4) is 0 Å². The topological polar surface area (TPSA) is 71.8 Å². The number of carbonyl (C=O) groups is 1. The molecular formula is C15H9ClF5N3O. The summed E-state index contributed by atoms with van der Waals surface area (Å²) in [5, 5.41) is 0. The number of hydrogen-bond donors (Lipinski definition) is 2. The zero-order chi connectivity index (χ0) is 17.6. The molecule has 4 nitrogen and oxygen atoms in total. The van der Waals surface area contributed by atoms with Crippen LogP contribution < -0.4 is 5.73 Å². The maximum absolute atomic E-state index is 13.6. The van der Waals surface area contributed by atoms with Gasteiger partial charge in [-0.2, -0.15) is 0 Å². The predicted octanol–water partition coefficient (Wildman–Crippen LogP) is 3.69. The Morgan fingerprint density at radius 1 is 1.00 bits per heavy atom. The molecule has 0 amide bonds. The molecule has 0 fully saturated rings. The quantitative estimate of drug-likeness (QED) is 0.316. The number of hydrogen-bond acceptors (Lipinski definition) is 3. The van der Waals surface area contributed by atoms with Gasteiger partial charge in [-0.1, -0.05) is 6.07 Å². The van der Waals surface area contributed by atoms with Crippen molar-refractivity contribution in [2.45, 2.75) is 6.42 Å². The van der Waals surface area contributed by atoms with Crippen LogP contribution in [0.1, 0.15) is 15.9 Å². The van der Waals surface area contributed by atoms with E-state index < -0.39 is 46.9 Å². The third-order valence-corrected chi connectivity index (χ3v) is 3.42. The third-order valence-electron chi connectivity index (χ3n) is 3.42. The van der Waals surface area contributed by atoms with E-state index in [0.717, 1.165) is 0 Å². The average molecular weight is 378 g/mol. The summed E-state index contributed by atoms with van der Waals surface area (Å²) in [5.41, 5.74) is 5.27. The number of nitrogen functional groups attached to an aromatic ring is 1. The Bertz CT molecular complexity index is 960. The Morgan fingerprint density at radius 3 is 2.16 bits per heavy atom. The molecule has 0 aliphatic heterocycles. The molecule has 3 N–H and O–H groups in total. The fraction of sp³-hybridized carbons (Fsp3) is 0.0667. The van der Waals surface area contributed by atoms with Gasteiger partial charge in [0.25, 0.3) is 0 Å². The van der Waals surface area contributed by atoms with Crippen LogP contribution in [-0.4, -0.2) is 15.8 Å². The van der Waals surface area contributed by atoms with Gasteiger partial charge in [0.2, 0.25) is 5.82 Å². The summed E-state index contributed by atoms with van der Waals surface area (Å²) in [4.78, 5) is 18.7. The van der Waals surface area contributed by atoms with E-state index in [9.17, 15) is 26.7 Å². The first-order valence-electron chi connectivity index (χ1n) is 6.58.